The molecular formula is C16H16O2. The van der Waals surface area contributed by atoms with Gasteiger partial charge in [0.1, 0.15) is 5.41 Å². The Labute approximate surface area is 107 Å². The van der Waals surface area contributed by atoms with Crippen molar-refractivity contribution in [3.63, 3.8) is 0 Å². The minimum absolute atomic E-state index is 0.793. The first-order chi connectivity index (χ1) is 8.55. The van der Waals surface area contributed by atoms with Crippen molar-refractivity contribution < 1.29 is 9.90 Å². The van der Waals surface area contributed by atoms with Crippen LogP contribution >= 0.6 is 0 Å². The molecule has 0 bridgehead atoms. The van der Waals surface area contributed by atoms with Crippen molar-refractivity contribution in [3.05, 3.63) is 71.3 Å². The number of aryl methyl sites for hydroxylation is 1. The molecule has 0 amide bonds. The van der Waals surface area contributed by atoms with Gasteiger partial charge in [0.15, 0.2) is 0 Å². The van der Waals surface area contributed by atoms with E-state index in [0.717, 1.165) is 16.7 Å². The van der Waals surface area contributed by atoms with E-state index in [2.05, 4.69) is 0 Å². The van der Waals surface area contributed by atoms with Crippen LogP contribution in [0.25, 0.3) is 0 Å². The minimum Gasteiger partial charge on any atom is -0.480 e. The summed E-state index contributed by atoms with van der Waals surface area (Å²) >= 11 is 0. The molecule has 2 rings (SSSR count). The number of aliphatic carboxylic acids is 1. The summed E-state index contributed by atoms with van der Waals surface area (Å²) in [5.41, 5.74) is 1.71. The molecular weight excluding hydrogens is 224 g/mol. The summed E-state index contributed by atoms with van der Waals surface area (Å²) in [5.74, 6) is -0.836. The second kappa shape index (κ2) is 4.65. The Morgan fingerprint density at radius 2 is 1.44 bits per heavy atom. The van der Waals surface area contributed by atoms with Crippen molar-refractivity contribution in [1.82, 2.24) is 0 Å². The monoisotopic (exact) mass is 240 g/mol. The van der Waals surface area contributed by atoms with Gasteiger partial charge in [0.25, 0.3) is 0 Å². The van der Waals surface area contributed by atoms with Gasteiger partial charge in [-0.25, -0.2) is 0 Å². The van der Waals surface area contributed by atoms with E-state index in [1.165, 1.54) is 0 Å². The van der Waals surface area contributed by atoms with E-state index in [0.29, 0.717) is 0 Å². The molecule has 92 valence electrons. The van der Waals surface area contributed by atoms with Gasteiger partial charge in [0.05, 0.1) is 0 Å². The first-order valence-corrected chi connectivity index (χ1v) is 5.91. The summed E-state index contributed by atoms with van der Waals surface area (Å²) in [7, 11) is 0. The Hall–Kier alpha value is -2.09. The first-order valence-electron chi connectivity index (χ1n) is 5.91. The van der Waals surface area contributed by atoms with Gasteiger partial charge in [-0.15, -0.1) is 0 Å². The Balaban J connectivity index is 2.58. The van der Waals surface area contributed by atoms with Gasteiger partial charge in [0.2, 0.25) is 0 Å². The van der Waals surface area contributed by atoms with Crippen molar-refractivity contribution in [2.75, 3.05) is 0 Å². The Kier molecular flexibility index (Phi) is 3.19. The second-order valence-electron chi connectivity index (χ2n) is 4.66. The van der Waals surface area contributed by atoms with Gasteiger partial charge in [-0.1, -0.05) is 60.2 Å². The molecule has 2 aromatic rings. The highest BCUT2D eigenvalue weighted by Gasteiger charge is 2.36. The van der Waals surface area contributed by atoms with E-state index in [1.54, 1.807) is 6.92 Å². The molecule has 0 spiro atoms. The lowest BCUT2D eigenvalue weighted by atomic mass is 9.76. The maximum absolute atomic E-state index is 11.7. The highest BCUT2D eigenvalue weighted by atomic mass is 16.4. The van der Waals surface area contributed by atoms with Crippen LogP contribution in [0.4, 0.5) is 0 Å². The zero-order valence-electron chi connectivity index (χ0n) is 10.6. The van der Waals surface area contributed by atoms with Crippen LogP contribution in [0.15, 0.2) is 54.6 Å². The summed E-state index contributed by atoms with van der Waals surface area (Å²) < 4.78 is 0. The van der Waals surface area contributed by atoms with E-state index in [4.69, 9.17) is 0 Å². The molecule has 18 heavy (non-hydrogen) atoms. The SMILES string of the molecule is Cc1ccc(C(C)(C(=O)O)c2ccccc2)cc1. The number of benzene rings is 2. The Morgan fingerprint density at radius 3 is 1.94 bits per heavy atom. The van der Waals surface area contributed by atoms with Gasteiger partial charge in [0, 0.05) is 0 Å². The van der Waals surface area contributed by atoms with Crippen LogP contribution in [0.1, 0.15) is 23.6 Å². The van der Waals surface area contributed by atoms with Crippen molar-refractivity contribution in [3.8, 4) is 0 Å². The maximum atomic E-state index is 11.7. The van der Waals surface area contributed by atoms with Gasteiger partial charge in [-0.2, -0.15) is 0 Å². The molecule has 0 saturated heterocycles. The summed E-state index contributed by atoms with van der Waals surface area (Å²) in [5, 5.41) is 9.61. The molecule has 2 nitrogen and oxygen atoms in total. The molecule has 0 saturated carbocycles. The highest BCUT2D eigenvalue weighted by molar-refractivity contribution is 5.85. The number of hydrogen-bond donors (Lipinski definition) is 1. The van der Waals surface area contributed by atoms with Crippen molar-refractivity contribution in [2.45, 2.75) is 19.3 Å². The summed E-state index contributed by atoms with van der Waals surface area (Å²) in [6.07, 6.45) is 0. The number of hydrogen-bond acceptors (Lipinski definition) is 1. The van der Waals surface area contributed by atoms with Gasteiger partial charge >= 0.3 is 5.97 Å². The first kappa shape index (κ1) is 12.4. The lowest BCUT2D eigenvalue weighted by molar-refractivity contribution is -0.141. The van der Waals surface area contributed by atoms with Gasteiger partial charge in [-0.3, -0.25) is 4.79 Å². The number of carboxylic acid groups (broad SMARTS) is 1. The third kappa shape index (κ3) is 2.02. The fraction of sp³-hybridized carbons (Fsp3) is 0.188. The summed E-state index contributed by atoms with van der Waals surface area (Å²) in [4.78, 5) is 11.7. The molecule has 0 radical (unpaired) electrons. The van der Waals surface area contributed by atoms with Crippen LogP contribution in [-0.4, -0.2) is 11.1 Å². The van der Waals surface area contributed by atoms with Crippen LogP contribution in [-0.2, 0) is 10.2 Å². The predicted molar refractivity (Wildman–Crippen MR) is 71.7 cm³/mol. The van der Waals surface area contributed by atoms with Gasteiger partial charge < -0.3 is 5.11 Å². The van der Waals surface area contributed by atoms with E-state index < -0.39 is 11.4 Å². The molecule has 2 aromatic carbocycles. The van der Waals surface area contributed by atoms with Crippen LogP contribution in [0.2, 0.25) is 0 Å². The van der Waals surface area contributed by atoms with E-state index in [-0.39, 0.29) is 0 Å². The lowest BCUT2D eigenvalue weighted by Gasteiger charge is -2.26. The number of rotatable bonds is 3. The smallest absolute Gasteiger partial charge is 0.318 e. The number of carbonyl (C=O) groups is 1. The van der Waals surface area contributed by atoms with E-state index in [1.807, 2.05) is 61.5 Å². The van der Waals surface area contributed by atoms with Crippen LogP contribution < -0.4 is 0 Å². The molecule has 1 unspecified atom stereocenters. The van der Waals surface area contributed by atoms with E-state index in [9.17, 15) is 9.90 Å². The quantitative estimate of drug-likeness (QED) is 0.893. The average Bonchev–Trinajstić information content (AvgIpc) is 2.39. The Morgan fingerprint density at radius 1 is 0.944 bits per heavy atom. The molecule has 0 fully saturated rings. The topological polar surface area (TPSA) is 37.3 Å². The molecule has 0 heterocycles. The fourth-order valence-corrected chi connectivity index (χ4v) is 2.07. The predicted octanol–water partition coefficient (Wildman–Crippen LogP) is 3.39. The van der Waals surface area contributed by atoms with Crippen LogP contribution in [0.3, 0.4) is 0 Å². The molecule has 1 atom stereocenters. The fourth-order valence-electron chi connectivity index (χ4n) is 2.07. The highest BCUT2D eigenvalue weighted by Crippen LogP contribution is 2.32. The third-order valence-corrected chi connectivity index (χ3v) is 3.41. The van der Waals surface area contributed by atoms with Gasteiger partial charge in [-0.05, 0) is 25.0 Å². The van der Waals surface area contributed by atoms with E-state index >= 15 is 0 Å². The normalized spacial score (nSPS) is 13.9. The standard InChI is InChI=1S/C16H16O2/c1-12-8-10-14(11-9-12)16(2,15(17)18)13-6-4-3-5-7-13/h3-11H,1-2H3,(H,17,18). The third-order valence-electron chi connectivity index (χ3n) is 3.41. The molecule has 0 aliphatic rings. The second-order valence-corrected chi connectivity index (χ2v) is 4.66. The van der Waals surface area contributed by atoms with Crippen molar-refractivity contribution >= 4 is 5.97 Å². The summed E-state index contributed by atoms with van der Waals surface area (Å²) in [6.45, 7) is 3.74. The molecule has 0 aromatic heterocycles. The van der Waals surface area contributed by atoms with Crippen molar-refractivity contribution in [2.24, 2.45) is 0 Å². The molecule has 0 aliphatic heterocycles. The number of carboxylic acids is 1. The van der Waals surface area contributed by atoms with Crippen LogP contribution in [0, 0.1) is 6.92 Å². The van der Waals surface area contributed by atoms with Crippen molar-refractivity contribution in [1.29, 1.82) is 0 Å². The Bertz CT molecular complexity index is 543. The zero-order chi connectivity index (χ0) is 13.2. The average molecular weight is 240 g/mol. The minimum atomic E-state index is -1.00. The maximum Gasteiger partial charge on any atom is 0.318 e. The molecule has 2 heteroatoms. The molecule has 1 N–H and O–H groups in total. The molecule has 0 aliphatic carbocycles. The lowest BCUT2D eigenvalue weighted by Crippen LogP contribution is -2.33. The van der Waals surface area contributed by atoms with Crippen LogP contribution in [0.5, 0.6) is 0 Å². The summed E-state index contributed by atoms with van der Waals surface area (Å²) in [6, 6.07) is 17.0. The zero-order valence-corrected chi connectivity index (χ0v) is 10.6. The largest absolute Gasteiger partial charge is 0.480 e.